The minimum Gasteiger partial charge on any atom is -0.226 e. The van der Waals surface area contributed by atoms with Gasteiger partial charge in [-0.1, -0.05) is 0 Å². The highest BCUT2D eigenvalue weighted by Crippen LogP contribution is 2.25. The smallest absolute Gasteiger partial charge is 0.223 e. The topological polar surface area (TPSA) is 25.8 Å². The van der Waals surface area contributed by atoms with Crippen LogP contribution in [-0.4, -0.2) is 9.97 Å². The molecule has 2 aromatic heterocycles. The molecular formula is C6H2ClIN2S. The Morgan fingerprint density at radius 3 is 3.18 bits per heavy atom. The van der Waals surface area contributed by atoms with Gasteiger partial charge in [-0.15, -0.1) is 11.3 Å². The van der Waals surface area contributed by atoms with Crippen LogP contribution in [0, 0.1) is 3.57 Å². The van der Waals surface area contributed by atoms with Crippen molar-refractivity contribution in [3.63, 3.8) is 0 Å². The van der Waals surface area contributed by atoms with Crippen LogP contribution in [0.15, 0.2) is 11.6 Å². The summed E-state index contributed by atoms with van der Waals surface area (Å²) < 4.78 is 1.18. The molecular weight excluding hydrogens is 295 g/mol. The lowest BCUT2D eigenvalue weighted by atomic mass is 10.4. The molecule has 0 amide bonds. The molecule has 11 heavy (non-hydrogen) atoms. The van der Waals surface area contributed by atoms with Gasteiger partial charge in [0.2, 0.25) is 5.28 Å². The van der Waals surface area contributed by atoms with Crippen LogP contribution >= 0.6 is 45.5 Å². The van der Waals surface area contributed by atoms with Gasteiger partial charge in [0.05, 0.1) is 0 Å². The molecule has 0 aliphatic heterocycles. The van der Waals surface area contributed by atoms with Crippen LogP contribution in [0.1, 0.15) is 0 Å². The van der Waals surface area contributed by atoms with Crippen LogP contribution in [0.3, 0.4) is 0 Å². The van der Waals surface area contributed by atoms with Gasteiger partial charge in [-0.25, -0.2) is 9.97 Å². The number of hydrogen-bond acceptors (Lipinski definition) is 3. The maximum Gasteiger partial charge on any atom is 0.223 e. The molecule has 0 spiro atoms. The minimum atomic E-state index is 0.316. The highest BCUT2D eigenvalue weighted by Gasteiger charge is 2.02. The van der Waals surface area contributed by atoms with Gasteiger partial charge >= 0.3 is 0 Å². The van der Waals surface area contributed by atoms with E-state index in [1.54, 1.807) is 17.5 Å². The van der Waals surface area contributed by atoms with Gasteiger partial charge in [0.15, 0.2) is 0 Å². The fourth-order valence-electron chi connectivity index (χ4n) is 0.771. The molecule has 0 N–H and O–H groups in total. The summed E-state index contributed by atoms with van der Waals surface area (Å²) in [7, 11) is 0. The number of nitrogens with zero attached hydrogens (tertiary/aromatic N) is 2. The number of thiophene rings is 1. The first kappa shape index (κ1) is 7.70. The number of rotatable bonds is 0. The summed E-state index contributed by atoms with van der Waals surface area (Å²) in [5.74, 6) is 0. The Balaban J connectivity index is 2.86. The van der Waals surface area contributed by atoms with E-state index in [-0.39, 0.29) is 0 Å². The summed E-state index contributed by atoms with van der Waals surface area (Å²) >= 11 is 9.45. The average molecular weight is 297 g/mol. The third-order valence-electron chi connectivity index (χ3n) is 1.26. The van der Waals surface area contributed by atoms with Crippen molar-refractivity contribution in [1.82, 2.24) is 9.97 Å². The van der Waals surface area contributed by atoms with Gasteiger partial charge in [0, 0.05) is 20.5 Å². The van der Waals surface area contributed by atoms with Crippen LogP contribution in [0.2, 0.25) is 5.28 Å². The molecule has 2 aromatic rings. The molecule has 5 heteroatoms. The molecule has 2 nitrogen and oxygen atoms in total. The van der Waals surface area contributed by atoms with E-state index in [1.807, 2.05) is 5.38 Å². The van der Waals surface area contributed by atoms with Crippen molar-refractivity contribution in [2.24, 2.45) is 0 Å². The highest BCUT2D eigenvalue weighted by molar-refractivity contribution is 14.1. The fraction of sp³-hybridized carbons (Fsp3) is 0. The second-order valence-electron chi connectivity index (χ2n) is 1.94. The zero-order valence-corrected chi connectivity index (χ0v) is 8.94. The number of halogens is 2. The first-order valence-corrected chi connectivity index (χ1v) is 5.16. The van der Waals surface area contributed by atoms with Gasteiger partial charge in [0.1, 0.15) is 4.83 Å². The van der Waals surface area contributed by atoms with Crippen LogP contribution in [0.25, 0.3) is 10.2 Å². The van der Waals surface area contributed by atoms with Crippen molar-refractivity contribution in [2.75, 3.05) is 0 Å². The van der Waals surface area contributed by atoms with Crippen LogP contribution < -0.4 is 0 Å². The lowest BCUT2D eigenvalue weighted by Gasteiger charge is -1.88. The second kappa shape index (κ2) is 2.84. The summed E-state index contributed by atoms with van der Waals surface area (Å²) in [5, 5.41) is 3.44. The summed E-state index contributed by atoms with van der Waals surface area (Å²) in [4.78, 5) is 8.91. The van der Waals surface area contributed by atoms with Crippen LogP contribution in [0.5, 0.6) is 0 Å². The summed E-state index contributed by atoms with van der Waals surface area (Å²) in [5.41, 5.74) is 0. The number of aromatic nitrogens is 2. The molecule has 0 aliphatic carbocycles. The molecule has 2 rings (SSSR count). The zero-order valence-electron chi connectivity index (χ0n) is 5.21. The predicted octanol–water partition coefficient (Wildman–Crippen LogP) is 2.95. The monoisotopic (exact) mass is 296 g/mol. The average Bonchev–Trinajstić information content (AvgIpc) is 2.32. The summed E-state index contributed by atoms with van der Waals surface area (Å²) in [6, 6.07) is 0. The van der Waals surface area contributed by atoms with Crippen molar-refractivity contribution in [1.29, 1.82) is 0 Å². The Hall–Kier alpha value is 0.0600. The summed E-state index contributed by atoms with van der Waals surface area (Å²) in [6.45, 7) is 0. The normalized spacial score (nSPS) is 10.7. The third-order valence-corrected chi connectivity index (χ3v) is 3.64. The quantitative estimate of drug-likeness (QED) is 0.552. The highest BCUT2D eigenvalue weighted by atomic mass is 127. The lowest BCUT2D eigenvalue weighted by Crippen LogP contribution is -1.79. The standard InChI is InChI=1S/C6H2ClIN2S/c7-6-9-1-3-4(8)2-11-5(3)10-6/h1-2H. The van der Waals surface area contributed by atoms with Gasteiger partial charge in [-0.2, -0.15) is 0 Å². The van der Waals surface area contributed by atoms with E-state index in [9.17, 15) is 0 Å². The fourth-order valence-corrected chi connectivity index (χ4v) is 2.68. The maximum atomic E-state index is 5.61. The Morgan fingerprint density at radius 1 is 1.55 bits per heavy atom. The van der Waals surface area contributed by atoms with Gasteiger partial charge in [-0.3, -0.25) is 0 Å². The minimum absolute atomic E-state index is 0.316. The van der Waals surface area contributed by atoms with Crippen molar-refractivity contribution in [3.05, 3.63) is 20.4 Å². The molecule has 2 heterocycles. The maximum absolute atomic E-state index is 5.61. The first-order chi connectivity index (χ1) is 5.27. The van der Waals surface area contributed by atoms with E-state index in [1.165, 1.54) is 3.57 Å². The van der Waals surface area contributed by atoms with Gasteiger partial charge < -0.3 is 0 Å². The second-order valence-corrected chi connectivity index (χ2v) is 4.30. The molecule has 0 saturated heterocycles. The van der Waals surface area contributed by atoms with E-state index in [0.717, 1.165) is 10.2 Å². The van der Waals surface area contributed by atoms with E-state index in [2.05, 4.69) is 32.6 Å². The zero-order chi connectivity index (χ0) is 7.84. The molecule has 0 fully saturated rings. The Bertz CT molecular complexity index is 400. The molecule has 0 bridgehead atoms. The van der Waals surface area contributed by atoms with Crippen molar-refractivity contribution >= 4 is 55.7 Å². The van der Waals surface area contributed by atoms with Crippen LogP contribution in [-0.2, 0) is 0 Å². The van der Waals surface area contributed by atoms with Gasteiger partial charge in [-0.05, 0) is 34.2 Å². The molecule has 0 atom stereocenters. The first-order valence-electron chi connectivity index (χ1n) is 2.82. The Morgan fingerprint density at radius 2 is 2.36 bits per heavy atom. The van der Waals surface area contributed by atoms with E-state index >= 15 is 0 Å². The van der Waals surface area contributed by atoms with E-state index in [0.29, 0.717) is 5.28 Å². The third kappa shape index (κ3) is 1.34. The molecule has 0 aliphatic rings. The number of fused-ring (bicyclic) bond motifs is 1. The molecule has 0 saturated carbocycles. The van der Waals surface area contributed by atoms with Crippen molar-refractivity contribution < 1.29 is 0 Å². The Kier molecular flexibility index (Phi) is 1.98. The van der Waals surface area contributed by atoms with E-state index < -0.39 is 0 Å². The molecule has 0 unspecified atom stereocenters. The molecule has 56 valence electrons. The Labute approximate surface area is 85.8 Å². The van der Waals surface area contributed by atoms with Gasteiger partial charge in [0.25, 0.3) is 0 Å². The summed E-state index contributed by atoms with van der Waals surface area (Å²) in [6.07, 6.45) is 1.75. The predicted molar refractivity (Wildman–Crippen MR) is 55.1 cm³/mol. The van der Waals surface area contributed by atoms with Crippen LogP contribution in [0.4, 0.5) is 0 Å². The number of hydrogen-bond donors (Lipinski definition) is 0. The SMILES string of the molecule is Clc1ncc2c(I)csc2n1. The largest absolute Gasteiger partial charge is 0.226 e. The van der Waals surface area contributed by atoms with Crippen molar-refractivity contribution in [3.8, 4) is 0 Å². The molecule has 0 aromatic carbocycles. The molecule has 0 radical (unpaired) electrons. The van der Waals surface area contributed by atoms with Crippen molar-refractivity contribution in [2.45, 2.75) is 0 Å². The van der Waals surface area contributed by atoms with E-state index in [4.69, 9.17) is 11.6 Å². The lowest BCUT2D eigenvalue weighted by molar-refractivity contribution is 1.23.